The van der Waals surface area contributed by atoms with E-state index in [2.05, 4.69) is 41.4 Å². The van der Waals surface area contributed by atoms with Crippen LogP contribution in [0.2, 0.25) is 0 Å². The van der Waals surface area contributed by atoms with Gasteiger partial charge in [0.2, 0.25) is 0 Å². The molecule has 2 aliphatic heterocycles. The van der Waals surface area contributed by atoms with Gasteiger partial charge in [-0.25, -0.2) is 0 Å². The molecule has 2 bridgehead atoms. The van der Waals surface area contributed by atoms with Gasteiger partial charge >= 0.3 is 0 Å². The second kappa shape index (κ2) is 3.16. The van der Waals surface area contributed by atoms with Crippen LogP contribution in [0.4, 0.5) is 0 Å². The number of hydrogen-bond acceptors (Lipinski definition) is 1. The van der Waals surface area contributed by atoms with Gasteiger partial charge in [0.15, 0.2) is 0 Å². The molecule has 1 heteroatoms. The van der Waals surface area contributed by atoms with Gasteiger partial charge in [0.05, 0.1) is 0 Å². The maximum Gasteiger partial charge on any atom is 0.0204 e. The predicted octanol–water partition coefficient (Wildman–Crippen LogP) is 2.75. The van der Waals surface area contributed by atoms with Crippen molar-refractivity contribution in [2.75, 3.05) is 13.1 Å². The van der Waals surface area contributed by atoms with Gasteiger partial charge in [-0.1, -0.05) is 30.3 Å². The summed E-state index contributed by atoms with van der Waals surface area (Å²) in [6.45, 7) is 2.55. The molecule has 0 N–H and O–H groups in total. The molecule has 1 nitrogen and oxygen atoms in total. The lowest BCUT2D eigenvalue weighted by Crippen LogP contribution is -2.18. The Bertz CT molecular complexity index is 353. The van der Waals surface area contributed by atoms with Crippen molar-refractivity contribution in [2.24, 2.45) is 5.92 Å². The highest BCUT2D eigenvalue weighted by atomic mass is 15.1. The SMILES string of the molecule is C1=C(c2ccccc2)CC2CCN1C2. The second-order valence-corrected chi connectivity index (χ2v) is 4.37. The number of hydrogen-bond donors (Lipinski definition) is 0. The van der Waals surface area contributed by atoms with Crippen molar-refractivity contribution in [1.29, 1.82) is 0 Å². The monoisotopic (exact) mass is 185 g/mol. The molecule has 1 aromatic carbocycles. The average molecular weight is 185 g/mol. The Hall–Kier alpha value is -1.24. The van der Waals surface area contributed by atoms with E-state index in [4.69, 9.17) is 0 Å². The number of nitrogens with zero attached hydrogens (tertiary/aromatic N) is 1. The lowest BCUT2D eigenvalue weighted by atomic mass is 9.93. The van der Waals surface area contributed by atoms with E-state index >= 15 is 0 Å². The van der Waals surface area contributed by atoms with Gasteiger partial charge in [0, 0.05) is 19.3 Å². The van der Waals surface area contributed by atoms with E-state index in [0.717, 1.165) is 5.92 Å². The van der Waals surface area contributed by atoms with Crippen LogP contribution in [0.15, 0.2) is 36.5 Å². The Kier molecular flexibility index (Phi) is 1.83. The molecule has 0 radical (unpaired) electrons. The normalized spacial score (nSPS) is 25.0. The van der Waals surface area contributed by atoms with Crippen LogP contribution >= 0.6 is 0 Å². The molecule has 1 aromatic rings. The Morgan fingerprint density at radius 3 is 2.79 bits per heavy atom. The summed E-state index contributed by atoms with van der Waals surface area (Å²) in [5.41, 5.74) is 2.93. The van der Waals surface area contributed by atoms with E-state index in [9.17, 15) is 0 Å². The Morgan fingerprint density at radius 2 is 2.00 bits per heavy atom. The number of fused-ring (bicyclic) bond motifs is 2. The van der Waals surface area contributed by atoms with Crippen molar-refractivity contribution in [3.63, 3.8) is 0 Å². The first-order chi connectivity index (χ1) is 6.92. The van der Waals surface area contributed by atoms with Crippen LogP contribution in [0.3, 0.4) is 0 Å². The lowest BCUT2D eigenvalue weighted by molar-refractivity contribution is 0.424. The molecule has 0 saturated carbocycles. The van der Waals surface area contributed by atoms with Gasteiger partial charge in [-0.05, 0) is 29.9 Å². The molecule has 0 amide bonds. The first kappa shape index (κ1) is 8.10. The van der Waals surface area contributed by atoms with E-state index < -0.39 is 0 Å². The molecule has 3 rings (SSSR count). The predicted molar refractivity (Wildman–Crippen MR) is 58.7 cm³/mol. The van der Waals surface area contributed by atoms with Crippen LogP contribution in [0.5, 0.6) is 0 Å². The third-order valence-corrected chi connectivity index (χ3v) is 3.31. The van der Waals surface area contributed by atoms with E-state index in [-0.39, 0.29) is 0 Å². The molecule has 1 saturated heterocycles. The van der Waals surface area contributed by atoms with E-state index in [1.165, 1.54) is 37.1 Å². The van der Waals surface area contributed by atoms with Crippen molar-refractivity contribution in [1.82, 2.24) is 4.90 Å². The highest BCUT2D eigenvalue weighted by Crippen LogP contribution is 2.34. The van der Waals surface area contributed by atoms with Crippen molar-refractivity contribution >= 4 is 5.57 Å². The first-order valence-corrected chi connectivity index (χ1v) is 5.42. The average Bonchev–Trinajstić information content (AvgIpc) is 2.59. The minimum atomic E-state index is 0.912. The molecule has 14 heavy (non-hydrogen) atoms. The number of allylic oxidation sites excluding steroid dienone is 1. The maximum absolute atomic E-state index is 2.47. The summed E-state index contributed by atoms with van der Waals surface area (Å²) in [7, 11) is 0. The van der Waals surface area contributed by atoms with E-state index in [1.807, 2.05) is 0 Å². The van der Waals surface area contributed by atoms with Gasteiger partial charge < -0.3 is 4.90 Å². The van der Waals surface area contributed by atoms with Crippen molar-refractivity contribution in [3.05, 3.63) is 42.1 Å². The fourth-order valence-electron chi connectivity index (χ4n) is 2.58. The number of benzene rings is 1. The van der Waals surface area contributed by atoms with Crippen molar-refractivity contribution < 1.29 is 0 Å². The smallest absolute Gasteiger partial charge is 0.0204 e. The van der Waals surface area contributed by atoms with Crippen LogP contribution in [0.1, 0.15) is 18.4 Å². The molecule has 1 fully saturated rings. The fraction of sp³-hybridized carbons (Fsp3) is 0.385. The van der Waals surface area contributed by atoms with Crippen LogP contribution < -0.4 is 0 Å². The van der Waals surface area contributed by atoms with E-state index in [1.54, 1.807) is 0 Å². The summed E-state index contributed by atoms with van der Waals surface area (Å²) in [6.07, 6.45) is 5.02. The van der Waals surface area contributed by atoms with Crippen LogP contribution in [0, 0.1) is 5.92 Å². The lowest BCUT2D eigenvalue weighted by Gasteiger charge is -2.22. The minimum absolute atomic E-state index is 0.912. The maximum atomic E-state index is 2.47. The summed E-state index contributed by atoms with van der Waals surface area (Å²) >= 11 is 0. The molecule has 0 aliphatic carbocycles. The molecule has 1 unspecified atom stereocenters. The molecule has 2 aliphatic rings. The van der Waals surface area contributed by atoms with Crippen molar-refractivity contribution in [3.8, 4) is 0 Å². The van der Waals surface area contributed by atoms with Gasteiger partial charge in [0.1, 0.15) is 0 Å². The highest BCUT2D eigenvalue weighted by Gasteiger charge is 2.26. The molecule has 0 aromatic heterocycles. The summed E-state index contributed by atoms with van der Waals surface area (Å²) in [6, 6.07) is 10.8. The van der Waals surface area contributed by atoms with Crippen LogP contribution in [-0.4, -0.2) is 18.0 Å². The summed E-state index contributed by atoms with van der Waals surface area (Å²) in [5.74, 6) is 0.912. The van der Waals surface area contributed by atoms with Gasteiger partial charge in [-0.15, -0.1) is 0 Å². The largest absolute Gasteiger partial charge is 0.377 e. The topological polar surface area (TPSA) is 3.24 Å². The quantitative estimate of drug-likeness (QED) is 0.650. The molecule has 1 atom stereocenters. The Morgan fingerprint density at radius 1 is 1.14 bits per heavy atom. The summed E-state index contributed by atoms with van der Waals surface area (Å²) < 4.78 is 0. The zero-order valence-corrected chi connectivity index (χ0v) is 8.32. The first-order valence-electron chi connectivity index (χ1n) is 5.42. The van der Waals surface area contributed by atoms with Gasteiger partial charge in [-0.3, -0.25) is 0 Å². The zero-order chi connectivity index (χ0) is 9.38. The third kappa shape index (κ3) is 1.33. The molecule has 72 valence electrons. The highest BCUT2D eigenvalue weighted by molar-refractivity contribution is 5.66. The van der Waals surface area contributed by atoms with Gasteiger partial charge in [0.25, 0.3) is 0 Å². The summed E-state index contributed by atoms with van der Waals surface area (Å²) in [4.78, 5) is 2.47. The fourth-order valence-corrected chi connectivity index (χ4v) is 2.58. The zero-order valence-electron chi connectivity index (χ0n) is 8.32. The second-order valence-electron chi connectivity index (χ2n) is 4.37. The molecular weight excluding hydrogens is 170 g/mol. The molecule has 2 heterocycles. The standard InChI is InChI=1S/C13H15N/c1-2-4-12(5-3-1)13-8-11-6-7-14(9-11)10-13/h1-5,10-11H,6-9H2. The Balaban J connectivity index is 1.93. The van der Waals surface area contributed by atoms with Gasteiger partial charge in [-0.2, -0.15) is 0 Å². The summed E-state index contributed by atoms with van der Waals surface area (Å²) in [5, 5.41) is 0. The molecule has 0 spiro atoms. The van der Waals surface area contributed by atoms with E-state index in [0.29, 0.717) is 0 Å². The Labute approximate surface area is 85.0 Å². The van der Waals surface area contributed by atoms with Crippen LogP contribution in [0.25, 0.3) is 5.57 Å². The minimum Gasteiger partial charge on any atom is -0.377 e. The van der Waals surface area contributed by atoms with Crippen molar-refractivity contribution in [2.45, 2.75) is 12.8 Å². The third-order valence-electron chi connectivity index (χ3n) is 3.31. The van der Waals surface area contributed by atoms with Crippen LogP contribution in [-0.2, 0) is 0 Å². The molecular formula is C13H15N. The number of rotatable bonds is 1.